The van der Waals surface area contributed by atoms with Crippen molar-refractivity contribution in [2.45, 2.75) is 39.3 Å². The highest BCUT2D eigenvalue weighted by Gasteiger charge is 2.18. The van der Waals surface area contributed by atoms with E-state index >= 15 is 0 Å². The first-order chi connectivity index (χ1) is 7.66. The predicted octanol–water partition coefficient (Wildman–Crippen LogP) is 2.26. The molecule has 0 spiro atoms. The van der Waals surface area contributed by atoms with Gasteiger partial charge in [-0.2, -0.15) is 0 Å². The minimum atomic E-state index is -0.126. The van der Waals surface area contributed by atoms with Crippen LogP contribution in [0.3, 0.4) is 0 Å². The Morgan fingerprint density at radius 2 is 2.19 bits per heavy atom. The zero-order valence-electron chi connectivity index (χ0n) is 10.2. The molecular formula is C14H21NO. The van der Waals surface area contributed by atoms with Gasteiger partial charge in [0, 0.05) is 13.1 Å². The highest BCUT2D eigenvalue weighted by atomic mass is 16.3. The van der Waals surface area contributed by atoms with Crippen LogP contribution in [0.15, 0.2) is 18.2 Å². The maximum atomic E-state index is 9.64. The number of hydrogen-bond acceptors (Lipinski definition) is 2. The van der Waals surface area contributed by atoms with Gasteiger partial charge in [-0.05, 0) is 49.9 Å². The second-order valence-corrected chi connectivity index (χ2v) is 4.89. The van der Waals surface area contributed by atoms with Crippen LogP contribution in [0.5, 0.6) is 0 Å². The summed E-state index contributed by atoms with van der Waals surface area (Å²) in [7, 11) is 0. The van der Waals surface area contributed by atoms with Crippen molar-refractivity contribution in [2.24, 2.45) is 0 Å². The van der Waals surface area contributed by atoms with E-state index < -0.39 is 0 Å². The summed E-state index contributed by atoms with van der Waals surface area (Å²) in [6.45, 7) is 7.26. The van der Waals surface area contributed by atoms with Crippen molar-refractivity contribution in [3.63, 3.8) is 0 Å². The molecule has 88 valence electrons. The van der Waals surface area contributed by atoms with Crippen molar-refractivity contribution in [3.05, 3.63) is 34.9 Å². The van der Waals surface area contributed by atoms with Crippen LogP contribution >= 0.6 is 0 Å². The summed E-state index contributed by atoms with van der Waals surface area (Å²) in [4.78, 5) is 2.36. The lowest BCUT2D eigenvalue weighted by atomic mass is 10.0. The third kappa shape index (κ3) is 2.63. The Morgan fingerprint density at radius 1 is 1.38 bits per heavy atom. The second-order valence-electron chi connectivity index (χ2n) is 4.89. The number of hydrogen-bond donors (Lipinski definition) is 1. The van der Waals surface area contributed by atoms with Crippen molar-refractivity contribution in [1.82, 2.24) is 4.90 Å². The fourth-order valence-electron chi connectivity index (χ4n) is 2.40. The quantitative estimate of drug-likeness (QED) is 0.824. The number of piperidine rings is 1. The summed E-state index contributed by atoms with van der Waals surface area (Å²) in [5.41, 5.74) is 4.15. The molecule has 0 aliphatic carbocycles. The predicted molar refractivity (Wildman–Crippen MR) is 66.4 cm³/mol. The van der Waals surface area contributed by atoms with Crippen LogP contribution in [0.1, 0.15) is 29.5 Å². The molecular weight excluding hydrogens is 198 g/mol. The number of aryl methyl sites for hydroxylation is 1. The number of likely N-dealkylation sites (tertiary alicyclic amines) is 1. The molecule has 1 aliphatic rings. The number of benzene rings is 1. The largest absolute Gasteiger partial charge is 0.392 e. The first-order valence-corrected chi connectivity index (χ1v) is 6.12. The van der Waals surface area contributed by atoms with Gasteiger partial charge in [-0.15, -0.1) is 0 Å². The van der Waals surface area contributed by atoms with Crippen LogP contribution in [-0.4, -0.2) is 29.2 Å². The van der Waals surface area contributed by atoms with Crippen molar-refractivity contribution >= 4 is 0 Å². The summed E-state index contributed by atoms with van der Waals surface area (Å²) in [5, 5.41) is 9.64. The fraction of sp³-hybridized carbons (Fsp3) is 0.571. The van der Waals surface area contributed by atoms with Gasteiger partial charge >= 0.3 is 0 Å². The first-order valence-electron chi connectivity index (χ1n) is 6.12. The van der Waals surface area contributed by atoms with Crippen LogP contribution < -0.4 is 0 Å². The van der Waals surface area contributed by atoms with Gasteiger partial charge in [0.25, 0.3) is 0 Å². The van der Waals surface area contributed by atoms with E-state index in [1.807, 2.05) is 0 Å². The molecule has 1 fully saturated rings. The van der Waals surface area contributed by atoms with Gasteiger partial charge in [-0.3, -0.25) is 4.90 Å². The van der Waals surface area contributed by atoms with Gasteiger partial charge in [0.15, 0.2) is 0 Å². The molecule has 1 atom stereocenters. The van der Waals surface area contributed by atoms with Crippen LogP contribution in [0.4, 0.5) is 0 Å². The topological polar surface area (TPSA) is 23.5 Å². The number of rotatable bonds is 2. The molecule has 1 aromatic carbocycles. The van der Waals surface area contributed by atoms with E-state index in [1.54, 1.807) is 0 Å². The zero-order chi connectivity index (χ0) is 11.5. The highest BCUT2D eigenvalue weighted by molar-refractivity contribution is 5.33. The molecule has 0 aromatic heterocycles. The molecule has 0 unspecified atom stereocenters. The van der Waals surface area contributed by atoms with Gasteiger partial charge < -0.3 is 5.11 Å². The van der Waals surface area contributed by atoms with E-state index in [2.05, 4.69) is 36.9 Å². The Balaban J connectivity index is 2.05. The molecule has 2 heteroatoms. The Kier molecular flexibility index (Phi) is 3.62. The number of nitrogens with zero attached hydrogens (tertiary/aromatic N) is 1. The van der Waals surface area contributed by atoms with Crippen LogP contribution in [-0.2, 0) is 6.54 Å². The standard InChI is InChI=1S/C14H21NO/c1-11-5-3-6-13(12(11)2)9-15-8-4-7-14(16)10-15/h3,5-6,14,16H,4,7-10H2,1-2H3/t14-/m0/s1. The highest BCUT2D eigenvalue weighted by Crippen LogP contribution is 2.18. The lowest BCUT2D eigenvalue weighted by Gasteiger charge is -2.30. The van der Waals surface area contributed by atoms with Gasteiger partial charge in [0.1, 0.15) is 0 Å². The molecule has 0 bridgehead atoms. The van der Waals surface area contributed by atoms with Crippen LogP contribution in [0.25, 0.3) is 0 Å². The average molecular weight is 219 g/mol. The van der Waals surface area contributed by atoms with Crippen LogP contribution in [0.2, 0.25) is 0 Å². The molecule has 1 N–H and O–H groups in total. The van der Waals surface area contributed by atoms with Gasteiger partial charge in [0.05, 0.1) is 6.10 Å². The summed E-state index contributed by atoms with van der Waals surface area (Å²) < 4.78 is 0. The Morgan fingerprint density at radius 3 is 2.94 bits per heavy atom. The van der Waals surface area contributed by atoms with Crippen molar-refractivity contribution < 1.29 is 5.11 Å². The molecule has 1 heterocycles. The Hall–Kier alpha value is -0.860. The van der Waals surface area contributed by atoms with E-state index in [-0.39, 0.29) is 6.10 Å². The molecule has 16 heavy (non-hydrogen) atoms. The molecule has 2 nitrogen and oxygen atoms in total. The third-order valence-electron chi connectivity index (χ3n) is 3.59. The SMILES string of the molecule is Cc1cccc(CN2CCC[C@H](O)C2)c1C. The summed E-state index contributed by atoms with van der Waals surface area (Å²) in [5.74, 6) is 0. The summed E-state index contributed by atoms with van der Waals surface area (Å²) >= 11 is 0. The van der Waals surface area contributed by atoms with E-state index in [9.17, 15) is 5.11 Å². The van der Waals surface area contributed by atoms with Crippen molar-refractivity contribution in [1.29, 1.82) is 0 Å². The average Bonchev–Trinajstić information content (AvgIpc) is 2.25. The Bertz CT molecular complexity index is 362. The van der Waals surface area contributed by atoms with Crippen LogP contribution in [0, 0.1) is 13.8 Å². The Labute approximate surface area is 97.9 Å². The molecule has 0 amide bonds. The maximum Gasteiger partial charge on any atom is 0.0667 e. The van der Waals surface area contributed by atoms with Gasteiger partial charge in [0.2, 0.25) is 0 Å². The second kappa shape index (κ2) is 4.98. The monoisotopic (exact) mass is 219 g/mol. The molecule has 1 aromatic rings. The molecule has 0 radical (unpaired) electrons. The first kappa shape index (κ1) is 11.6. The number of β-amino-alcohol motifs (C(OH)–C–C–N with tert-alkyl or cyclic N) is 1. The lowest BCUT2D eigenvalue weighted by molar-refractivity contribution is 0.0667. The van der Waals surface area contributed by atoms with Gasteiger partial charge in [-0.25, -0.2) is 0 Å². The third-order valence-corrected chi connectivity index (χ3v) is 3.59. The number of aliphatic hydroxyl groups excluding tert-OH is 1. The maximum absolute atomic E-state index is 9.64. The van der Waals surface area contributed by atoms with E-state index in [0.29, 0.717) is 0 Å². The molecule has 1 aliphatic heterocycles. The lowest BCUT2D eigenvalue weighted by Crippen LogP contribution is -2.37. The molecule has 1 saturated heterocycles. The fourth-order valence-corrected chi connectivity index (χ4v) is 2.40. The summed E-state index contributed by atoms with van der Waals surface area (Å²) in [6.07, 6.45) is 1.95. The summed E-state index contributed by atoms with van der Waals surface area (Å²) in [6, 6.07) is 6.48. The minimum absolute atomic E-state index is 0.126. The van der Waals surface area contributed by atoms with Crippen molar-refractivity contribution in [2.75, 3.05) is 13.1 Å². The van der Waals surface area contributed by atoms with Gasteiger partial charge in [-0.1, -0.05) is 18.2 Å². The van der Waals surface area contributed by atoms with E-state index in [0.717, 1.165) is 32.5 Å². The zero-order valence-corrected chi connectivity index (χ0v) is 10.2. The molecule has 2 rings (SSSR count). The van der Waals surface area contributed by atoms with E-state index in [4.69, 9.17) is 0 Å². The minimum Gasteiger partial charge on any atom is -0.392 e. The smallest absolute Gasteiger partial charge is 0.0667 e. The number of aliphatic hydroxyl groups is 1. The molecule has 0 saturated carbocycles. The normalized spacial score (nSPS) is 22.3. The van der Waals surface area contributed by atoms with Crippen molar-refractivity contribution in [3.8, 4) is 0 Å². The van der Waals surface area contributed by atoms with E-state index in [1.165, 1.54) is 16.7 Å².